The Labute approximate surface area is 77.1 Å². The number of Topliss-reactive ketones (excluding diaryl/α,β-unsaturated/α-hetero) is 1. The Bertz CT molecular complexity index is 127. The molecule has 0 aliphatic carbocycles. The largest absolute Gasteiger partial charge is 0.297 e. The molecule has 0 saturated carbocycles. The van der Waals surface area contributed by atoms with Crippen molar-refractivity contribution in [3.05, 3.63) is 0 Å². The Morgan fingerprint density at radius 1 is 1.64 bits per heavy atom. The van der Waals surface area contributed by atoms with Crippen molar-refractivity contribution in [1.29, 1.82) is 0 Å². The van der Waals surface area contributed by atoms with Crippen molar-refractivity contribution >= 4 is 21.7 Å². The summed E-state index contributed by atoms with van der Waals surface area (Å²) in [6, 6.07) is 0.0503. The third kappa shape index (κ3) is 3.87. The first-order chi connectivity index (χ1) is 5.13. The quantitative estimate of drug-likeness (QED) is 0.659. The van der Waals surface area contributed by atoms with E-state index in [1.54, 1.807) is 0 Å². The Hall–Kier alpha value is 0.110. The molecule has 0 aromatic rings. The van der Waals surface area contributed by atoms with E-state index in [-0.39, 0.29) is 11.8 Å². The Balaban J connectivity index is 3.80. The van der Waals surface area contributed by atoms with E-state index in [9.17, 15) is 4.79 Å². The van der Waals surface area contributed by atoms with Gasteiger partial charge >= 0.3 is 0 Å². The molecule has 11 heavy (non-hydrogen) atoms. The van der Waals surface area contributed by atoms with Gasteiger partial charge in [0.1, 0.15) is 0 Å². The maximum Gasteiger partial charge on any atom is 0.160 e. The molecular weight excluding hydrogens is 206 g/mol. The fraction of sp³-hybridized carbons (Fsp3) is 0.875. The summed E-state index contributed by atoms with van der Waals surface area (Å²) in [6.07, 6.45) is 1.09. The average Bonchev–Trinajstić information content (AvgIpc) is 2.02. The lowest BCUT2D eigenvalue weighted by Crippen LogP contribution is -2.37. The number of hydrogen-bond acceptors (Lipinski definition) is 2. The van der Waals surface area contributed by atoms with E-state index in [1.165, 1.54) is 0 Å². The fourth-order valence-corrected chi connectivity index (χ4v) is 1.37. The van der Waals surface area contributed by atoms with Gasteiger partial charge in [-0.15, -0.1) is 0 Å². The van der Waals surface area contributed by atoms with Crippen LogP contribution in [0.5, 0.6) is 0 Å². The molecule has 0 aromatic carbocycles. The van der Waals surface area contributed by atoms with Crippen LogP contribution >= 0.6 is 15.9 Å². The molecule has 0 saturated heterocycles. The SMILES string of the molecule is CCCN(C)C(C)C(=O)CBr. The van der Waals surface area contributed by atoms with E-state index in [0.717, 1.165) is 13.0 Å². The molecule has 1 unspecified atom stereocenters. The summed E-state index contributed by atoms with van der Waals surface area (Å²) in [5.41, 5.74) is 0. The molecule has 2 nitrogen and oxygen atoms in total. The summed E-state index contributed by atoms with van der Waals surface area (Å²) in [5, 5.41) is 0.461. The molecule has 0 N–H and O–H groups in total. The van der Waals surface area contributed by atoms with Crippen molar-refractivity contribution in [2.45, 2.75) is 26.3 Å². The summed E-state index contributed by atoms with van der Waals surface area (Å²) in [7, 11) is 1.98. The smallest absolute Gasteiger partial charge is 0.160 e. The number of carbonyl (C=O) groups excluding carboxylic acids is 1. The van der Waals surface area contributed by atoms with E-state index in [4.69, 9.17) is 0 Å². The minimum atomic E-state index is 0.0503. The van der Waals surface area contributed by atoms with Crippen LogP contribution in [0.4, 0.5) is 0 Å². The first-order valence-electron chi connectivity index (χ1n) is 3.92. The van der Waals surface area contributed by atoms with Gasteiger partial charge in [-0.05, 0) is 26.9 Å². The minimum Gasteiger partial charge on any atom is -0.297 e. The van der Waals surface area contributed by atoms with Gasteiger partial charge in [0.25, 0.3) is 0 Å². The molecular formula is C8H16BrNO. The van der Waals surface area contributed by atoms with Gasteiger partial charge < -0.3 is 0 Å². The second kappa shape index (κ2) is 5.72. The molecule has 66 valence electrons. The van der Waals surface area contributed by atoms with Crippen molar-refractivity contribution in [3.63, 3.8) is 0 Å². The minimum absolute atomic E-state index is 0.0503. The lowest BCUT2D eigenvalue weighted by Gasteiger charge is -2.21. The zero-order valence-corrected chi connectivity index (χ0v) is 9.02. The first-order valence-corrected chi connectivity index (χ1v) is 5.04. The van der Waals surface area contributed by atoms with Crippen molar-refractivity contribution in [3.8, 4) is 0 Å². The highest BCUT2D eigenvalue weighted by Gasteiger charge is 2.14. The van der Waals surface area contributed by atoms with Crippen LogP contribution in [0.1, 0.15) is 20.3 Å². The van der Waals surface area contributed by atoms with Crippen LogP contribution in [0.2, 0.25) is 0 Å². The van der Waals surface area contributed by atoms with Gasteiger partial charge in [-0.25, -0.2) is 0 Å². The van der Waals surface area contributed by atoms with Crippen molar-refractivity contribution in [2.75, 3.05) is 18.9 Å². The predicted molar refractivity (Wildman–Crippen MR) is 51.2 cm³/mol. The fourth-order valence-electron chi connectivity index (χ4n) is 0.904. The van der Waals surface area contributed by atoms with E-state index in [2.05, 4.69) is 27.8 Å². The summed E-state index contributed by atoms with van der Waals surface area (Å²) < 4.78 is 0. The third-order valence-electron chi connectivity index (χ3n) is 1.84. The van der Waals surface area contributed by atoms with Gasteiger partial charge in [0.2, 0.25) is 0 Å². The van der Waals surface area contributed by atoms with Gasteiger partial charge in [-0.2, -0.15) is 0 Å². The molecule has 3 heteroatoms. The van der Waals surface area contributed by atoms with Crippen molar-refractivity contribution < 1.29 is 4.79 Å². The summed E-state index contributed by atoms with van der Waals surface area (Å²) >= 11 is 3.16. The first kappa shape index (κ1) is 11.1. The lowest BCUT2D eigenvalue weighted by atomic mass is 10.2. The number of carbonyl (C=O) groups is 1. The molecule has 0 spiro atoms. The van der Waals surface area contributed by atoms with E-state index >= 15 is 0 Å². The summed E-state index contributed by atoms with van der Waals surface area (Å²) in [6.45, 7) is 5.04. The van der Waals surface area contributed by atoms with Crippen LogP contribution < -0.4 is 0 Å². The van der Waals surface area contributed by atoms with Crippen LogP contribution in [0.25, 0.3) is 0 Å². The van der Waals surface area contributed by atoms with Crippen LogP contribution in [-0.4, -0.2) is 35.6 Å². The van der Waals surface area contributed by atoms with Gasteiger partial charge in [0.15, 0.2) is 5.78 Å². The number of rotatable bonds is 5. The molecule has 0 aromatic heterocycles. The topological polar surface area (TPSA) is 20.3 Å². The van der Waals surface area contributed by atoms with Gasteiger partial charge in [0, 0.05) is 0 Å². The number of hydrogen-bond donors (Lipinski definition) is 0. The third-order valence-corrected chi connectivity index (χ3v) is 2.39. The maximum atomic E-state index is 11.1. The molecule has 0 heterocycles. The monoisotopic (exact) mass is 221 g/mol. The second-order valence-corrected chi connectivity index (χ2v) is 3.32. The highest BCUT2D eigenvalue weighted by atomic mass is 79.9. The average molecular weight is 222 g/mol. The van der Waals surface area contributed by atoms with Crippen molar-refractivity contribution in [1.82, 2.24) is 4.90 Å². The number of nitrogens with zero attached hydrogens (tertiary/aromatic N) is 1. The molecule has 0 rings (SSSR count). The lowest BCUT2D eigenvalue weighted by molar-refractivity contribution is -0.120. The van der Waals surface area contributed by atoms with Gasteiger partial charge in [-0.3, -0.25) is 9.69 Å². The zero-order chi connectivity index (χ0) is 8.85. The molecule has 1 atom stereocenters. The van der Waals surface area contributed by atoms with E-state index in [1.807, 2.05) is 14.0 Å². The highest BCUT2D eigenvalue weighted by molar-refractivity contribution is 9.09. The molecule has 0 radical (unpaired) electrons. The Kier molecular flexibility index (Phi) is 5.78. The summed E-state index contributed by atoms with van der Waals surface area (Å²) in [4.78, 5) is 13.2. The Morgan fingerprint density at radius 2 is 2.18 bits per heavy atom. The molecule has 0 amide bonds. The molecule has 0 aliphatic rings. The van der Waals surface area contributed by atoms with Crippen LogP contribution in [-0.2, 0) is 4.79 Å². The number of ketones is 1. The normalized spacial score (nSPS) is 13.5. The van der Waals surface area contributed by atoms with Gasteiger partial charge in [-0.1, -0.05) is 22.9 Å². The standard InChI is InChI=1S/C8H16BrNO/c1-4-5-10(3)7(2)8(11)6-9/h7H,4-6H2,1-3H3. The van der Waals surface area contributed by atoms with Crippen LogP contribution in [0.3, 0.4) is 0 Å². The predicted octanol–water partition coefficient (Wildman–Crippen LogP) is 1.68. The van der Waals surface area contributed by atoms with Crippen LogP contribution in [0.15, 0.2) is 0 Å². The zero-order valence-electron chi connectivity index (χ0n) is 7.43. The molecule has 0 aliphatic heterocycles. The number of alkyl halides is 1. The van der Waals surface area contributed by atoms with Gasteiger partial charge in [0.05, 0.1) is 11.4 Å². The Morgan fingerprint density at radius 3 is 2.55 bits per heavy atom. The van der Waals surface area contributed by atoms with E-state index in [0.29, 0.717) is 5.33 Å². The van der Waals surface area contributed by atoms with E-state index < -0.39 is 0 Å². The molecule has 0 fully saturated rings. The molecule has 0 bridgehead atoms. The van der Waals surface area contributed by atoms with Crippen LogP contribution in [0, 0.1) is 0 Å². The number of likely N-dealkylation sites (N-methyl/N-ethyl adjacent to an activating group) is 1. The highest BCUT2D eigenvalue weighted by Crippen LogP contribution is 2.00. The summed E-state index contributed by atoms with van der Waals surface area (Å²) in [5.74, 6) is 0.251. The number of halogens is 1. The van der Waals surface area contributed by atoms with Crippen molar-refractivity contribution in [2.24, 2.45) is 0 Å². The maximum absolute atomic E-state index is 11.1. The second-order valence-electron chi connectivity index (χ2n) is 2.76.